The van der Waals surface area contributed by atoms with Crippen molar-refractivity contribution in [1.29, 1.82) is 0 Å². The molecule has 0 unspecified atom stereocenters. The van der Waals surface area contributed by atoms with E-state index in [-0.39, 0.29) is 0 Å². The smallest absolute Gasteiger partial charge is 0.0420 e. The maximum Gasteiger partial charge on any atom is 0.0420 e. The molecule has 100 valence electrons. The second-order valence-corrected chi connectivity index (χ2v) is 5.08. The molecule has 3 nitrogen and oxygen atoms in total. The molecule has 1 aliphatic heterocycles. The summed E-state index contributed by atoms with van der Waals surface area (Å²) in [6, 6.07) is 6.28. The molecule has 3 heteroatoms. The molecule has 0 spiro atoms. The number of benzene rings is 1. The zero-order chi connectivity index (χ0) is 12.8. The minimum Gasteiger partial charge on any atom is -0.399 e. The summed E-state index contributed by atoms with van der Waals surface area (Å²) in [5, 5.41) is 3.52. The lowest BCUT2D eigenvalue weighted by molar-refractivity contribution is 0.611. The van der Waals surface area contributed by atoms with Crippen molar-refractivity contribution in [2.24, 2.45) is 0 Å². The van der Waals surface area contributed by atoms with E-state index in [9.17, 15) is 0 Å². The summed E-state index contributed by atoms with van der Waals surface area (Å²) in [5.41, 5.74) is 9.51. The highest BCUT2D eigenvalue weighted by atomic mass is 15.2. The van der Waals surface area contributed by atoms with Crippen molar-refractivity contribution in [1.82, 2.24) is 5.32 Å². The summed E-state index contributed by atoms with van der Waals surface area (Å²) in [6.45, 7) is 6.67. The van der Waals surface area contributed by atoms with E-state index < -0.39 is 0 Å². The molecule has 0 fully saturated rings. The van der Waals surface area contributed by atoms with E-state index in [0.29, 0.717) is 0 Å². The maximum atomic E-state index is 5.86. The van der Waals surface area contributed by atoms with Gasteiger partial charge in [0.25, 0.3) is 0 Å². The van der Waals surface area contributed by atoms with Crippen LogP contribution in [0.3, 0.4) is 0 Å². The molecule has 0 aliphatic carbocycles. The Morgan fingerprint density at radius 2 is 2.17 bits per heavy atom. The van der Waals surface area contributed by atoms with Crippen molar-refractivity contribution in [2.45, 2.75) is 32.6 Å². The molecule has 1 heterocycles. The molecule has 2 rings (SSSR count). The molecule has 0 aromatic heterocycles. The Morgan fingerprint density at radius 1 is 1.28 bits per heavy atom. The quantitative estimate of drug-likeness (QED) is 0.574. The normalized spacial score (nSPS) is 13.9. The molecule has 18 heavy (non-hydrogen) atoms. The molecule has 1 aliphatic rings. The average Bonchev–Trinajstić information content (AvgIpc) is 2.76. The van der Waals surface area contributed by atoms with Gasteiger partial charge in [0, 0.05) is 31.0 Å². The average molecular weight is 247 g/mol. The number of nitrogen functional groups attached to an aromatic ring is 1. The van der Waals surface area contributed by atoms with Crippen LogP contribution in [0.4, 0.5) is 11.4 Å². The molecule has 1 aromatic rings. The van der Waals surface area contributed by atoms with Gasteiger partial charge >= 0.3 is 0 Å². The monoisotopic (exact) mass is 247 g/mol. The Balaban J connectivity index is 1.74. The van der Waals surface area contributed by atoms with Crippen molar-refractivity contribution in [3.05, 3.63) is 23.8 Å². The predicted molar refractivity (Wildman–Crippen MR) is 79.2 cm³/mol. The summed E-state index contributed by atoms with van der Waals surface area (Å²) < 4.78 is 0. The largest absolute Gasteiger partial charge is 0.399 e. The van der Waals surface area contributed by atoms with E-state index in [1.807, 2.05) is 6.07 Å². The van der Waals surface area contributed by atoms with Crippen molar-refractivity contribution in [2.75, 3.05) is 36.8 Å². The van der Waals surface area contributed by atoms with Gasteiger partial charge in [0.05, 0.1) is 0 Å². The van der Waals surface area contributed by atoms with E-state index in [4.69, 9.17) is 5.73 Å². The van der Waals surface area contributed by atoms with E-state index >= 15 is 0 Å². The highest BCUT2D eigenvalue weighted by Crippen LogP contribution is 2.29. The highest BCUT2D eigenvalue weighted by Gasteiger charge is 2.18. The maximum absolute atomic E-state index is 5.86. The Bertz CT molecular complexity index is 376. The van der Waals surface area contributed by atoms with Gasteiger partial charge in [-0.15, -0.1) is 0 Å². The molecule has 0 radical (unpaired) electrons. The van der Waals surface area contributed by atoms with E-state index in [0.717, 1.165) is 38.3 Å². The van der Waals surface area contributed by atoms with Crippen LogP contribution in [0.2, 0.25) is 0 Å². The number of hydrogen-bond donors (Lipinski definition) is 2. The fraction of sp³-hybridized carbons (Fsp3) is 0.600. The van der Waals surface area contributed by atoms with E-state index in [2.05, 4.69) is 29.3 Å². The summed E-state index contributed by atoms with van der Waals surface area (Å²) >= 11 is 0. The molecule has 0 saturated carbocycles. The van der Waals surface area contributed by atoms with Crippen LogP contribution in [-0.2, 0) is 6.42 Å². The van der Waals surface area contributed by atoms with Crippen molar-refractivity contribution < 1.29 is 0 Å². The van der Waals surface area contributed by atoms with Crippen LogP contribution in [0.25, 0.3) is 0 Å². The van der Waals surface area contributed by atoms with Crippen LogP contribution in [0.1, 0.15) is 31.7 Å². The van der Waals surface area contributed by atoms with Gasteiger partial charge in [-0.1, -0.05) is 25.8 Å². The third-order valence-corrected chi connectivity index (χ3v) is 3.62. The Morgan fingerprint density at radius 3 is 3.00 bits per heavy atom. The van der Waals surface area contributed by atoms with Crippen LogP contribution in [0.5, 0.6) is 0 Å². The van der Waals surface area contributed by atoms with Crippen LogP contribution in [-0.4, -0.2) is 26.2 Å². The number of hydrogen-bond acceptors (Lipinski definition) is 3. The second-order valence-electron chi connectivity index (χ2n) is 5.08. The van der Waals surface area contributed by atoms with Crippen LogP contribution in [0.15, 0.2) is 18.2 Å². The highest BCUT2D eigenvalue weighted by molar-refractivity contribution is 5.64. The molecular formula is C15H25N3. The lowest BCUT2D eigenvalue weighted by atomic mass is 10.1. The van der Waals surface area contributed by atoms with Gasteiger partial charge < -0.3 is 16.0 Å². The first-order chi connectivity index (χ1) is 8.81. The number of unbranched alkanes of at least 4 members (excludes halogenated alkanes) is 2. The topological polar surface area (TPSA) is 41.3 Å². The molecule has 0 saturated heterocycles. The first-order valence-corrected chi connectivity index (χ1v) is 7.15. The second kappa shape index (κ2) is 6.64. The van der Waals surface area contributed by atoms with Gasteiger partial charge in [0.2, 0.25) is 0 Å². The number of anilines is 2. The Labute approximate surface area is 110 Å². The third-order valence-electron chi connectivity index (χ3n) is 3.62. The number of rotatable bonds is 7. The lowest BCUT2D eigenvalue weighted by Crippen LogP contribution is -2.31. The van der Waals surface area contributed by atoms with Gasteiger partial charge in [0.1, 0.15) is 0 Å². The number of fused-ring (bicyclic) bond motifs is 1. The molecule has 3 N–H and O–H groups in total. The summed E-state index contributed by atoms with van der Waals surface area (Å²) in [7, 11) is 0. The fourth-order valence-corrected chi connectivity index (χ4v) is 2.53. The molecule has 1 aromatic carbocycles. The van der Waals surface area contributed by atoms with Gasteiger partial charge in [-0.3, -0.25) is 0 Å². The van der Waals surface area contributed by atoms with E-state index in [1.165, 1.54) is 30.5 Å². The zero-order valence-electron chi connectivity index (χ0n) is 11.4. The predicted octanol–water partition coefficient (Wildman–Crippen LogP) is 2.41. The van der Waals surface area contributed by atoms with Crippen molar-refractivity contribution in [3.8, 4) is 0 Å². The lowest BCUT2D eigenvalue weighted by Gasteiger charge is -2.20. The van der Waals surface area contributed by atoms with Gasteiger partial charge in [-0.05, 0) is 37.1 Å². The minimum atomic E-state index is 0.872. The number of nitrogens with one attached hydrogen (secondary N) is 1. The first-order valence-electron chi connectivity index (χ1n) is 7.15. The standard InChI is InChI=1S/C15H25N3/c1-2-3-4-8-17-9-11-18-10-7-13-5-6-14(16)12-15(13)18/h5-6,12,17H,2-4,7-11,16H2,1H3. The molecule has 0 bridgehead atoms. The third kappa shape index (κ3) is 3.39. The Kier molecular flexibility index (Phi) is 4.88. The Hall–Kier alpha value is -1.22. The zero-order valence-corrected chi connectivity index (χ0v) is 11.4. The summed E-state index contributed by atoms with van der Waals surface area (Å²) in [4.78, 5) is 2.44. The van der Waals surface area contributed by atoms with Crippen molar-refractivity contribution in [3.63, 3.8) is 0 Å². The van der Waals surface area contributed by atoms with Gasteiger partial charge in [-0.2, -0.15) is 0 Å². The molecule has 0 atom stereocenters. The molecule has 0 amide bonds. The SMILES string of the molecule is CCCCCNCCN1CCc2ccc(N)cc21. The van der Waals surface area contributed by atoms with Crippen LogP contribution < -0.4 is 16.0 Å². The van der Waals surface area contributed by atoms with E-state index in [1.54, 1.807) is 0 Å². The first kappa shape index (κ1) is 13.2. The summed E-state index contributed by atoms with van der Waals surface area (Å²) in [5.74, 6) is 0. The van der Waals surface area contributed by atoms with Gasteiger partial charge in [0.15, 0.2) is 0 Å². The minimum absolute atomic E-state index is 0.872. The number of nitrogens with two attached hydrogens (primary N) is 1. The molecular weight excluding hydrogens is 222 g/mol. The summed E-state index contributed by atoms with van der Waals surface area (Å²) in [6.07, 6.45) is 5.07. The van der Waals surface area contributed by atoms with Gasteiger partial charge in [-0.25, -0.2) is 0 Å². The van der Waals surface area contributed by atoms with Crippen molar-refractivity contribution >= 4 is 11.4 Å². The van der Waals surface area contributed by atoms with Crippen LogP contribution in [0, 0.1) is 0 Å². The van der Waals surface area contributed by atoms with Crippen LogP contribution >= 0.6 is 0 Å². The fourth-order valence-electron chi connectivity index (χ4n) is 2.53. The number of nitrogens with zero attached hydrogens (tertiary/aromatic N) is 1.